The van der Waals surface area contributed by atoms with E-state index in [0.717, 1.165) is 28.3 Å². The van der Waals surface area contributed by atoms with Crippen molar-refractivity contribution in [3.8, 4) is 17.2 Å². The molecule has 2 heterocycles. The van der Waals surface area contributed by atoms with Gasteiger partial charge in [0, 0.05) is 30.4 Å². The monoisotopic (exact) mass is 429 g/mol. The van der Waals surface area contributed by atoms with Gasteiger partial charge >= 0.3 is 5.97 Å². The predicted octanol–water partition coefficient (Wildman–Crippen LogP) is 4.84. The fourth-order valence-corrected chi connectivity index (χ4v) is 3.65. The number of esters is 1. The van der Waals surface area contributed by atoms with Crippen molar-refractivity contribution in [2.75, 3.05) is 19.8 Å². The molecule has 0 amide bonds. The Morgan fingerprint density at radius 2 is 1.97 bits per heavy atom. The van der Waals surface area contributed by atoms with Gasteiger partial charge < -0.3 is 18.6 Å². The maximum atomic E-state index is 12.0. The second-order valence-electron chi connectivity index (χ2n) is 6.68. The van der Waals surface area contributed by atoms with Crippen molar-refractivity contribution >= 4 is 17.3 Å². The van der Waals surface area contributed by atoms with Gasteiger partial charge in [-0.05, 0) is 49.9 Å². The number of aryl methyl sites for hydroxylation is 1. The number of hydrogen-bond acceptors (Lipinski definition) is 7. The minimum atomic E-state index is -0.589. The smallest absolute Gasteiger partial charge is 0.335 e. The molecule has 0 aliphatic heterocycles. The van der Waals surface area contributed by atoms with Crippen LogP contribution >= 0.6 is 11.3 Å². The molecule has 1 atom stereocenters. The summed E-state index contributed by atoms with van der Waals surface area (Å²) >= 11 is 1.62. The van der Waals surface area contributed by atoms with Crippen LogP contribution < -0.4 is 4.74 Å². The zero-order chi connectivity index (χ0) is 21.3. The summed E-state index contributed by atoms with van der Waals surface area (Å²) in [5.74, 6) is 1.90. The molecule has 0 saturated carbocycles. The van der Waals surface area contributed by atoms with E-state index < -0.39 is 6.10 Å². The number of ether oxygens (including phenoxy) is 3. The Kier molecular flexibility index (Phi) is 8.04. The lowest BCUT2D eigenvalue weighted by atomic mass is 10.1. The Morgan fingerprint density at radius 1 is 1.17 bits per heavy atom. The van der Waals surface area contributed by atoms with Crippen LogP contribution in [0.1, 0.15) is 30.9 Å². The fraction of sp³-hybridized carbons (Fsp3) is 0.391. The number of rotatable bonds is 11. The minimum Gasteiger partial charge on any atom is -0.493 e. The molecule has 30 heavy (non-hydrogen) atoms. The molecular weight excluding hydrogens is 402 g/mol. The number of nitrogens with zero attached hydrogens (tertiary/aromatic N) is 1. The molecule has 0 aliphatic carbocycles. The summed E-state index contributed by atoms with van der Waals surface area (Å²) in [6.07, 6.45) is 0.543. The van der Waals surface area contributed by atoms with Crippen molar-refractivity contribution in [2.45, 2.75) is 39.7 Å². The van der Waals surface area contributed by atoms with Crippen LogP contribution in [0.25, 0.3) is 11.5 Å². The Labute approximate surface area is 180 Å². The molecule has 2 aromatic heterocycles. The summed E-state index contributed by atoms with van der Waals surface area (Å²) in [5, 5.41) is 4.02. The van der Waals surface area contributed by atoms with Crippen LogP contribution in [0.3, 0.4) is 0 Å². The average molecular weight is 430 g/mol. The van der Waals surface area contributed by atoms with Gasteiger partial charge in [-0.25, -0.2) is 9.78 Å². The third kappa shape index (κ3) is 5.93. The largest absolute Gasteiger partial charge is 0.493 e. The van der Waals surface area contributed by atoms with Gasteiger partial charge in [0.15, 0.2) is 6.10 Å². The lowest BCUT2D eigenvalue weighted by molar-refractivity contribution is -0.156. The molecule has 160 valence electrons. The fourth-order valence-electron chi connectivity index (χ4n) is 3.02. The van der Waals surface area contributed by atoms with Crippen molar-refractivity contribution in [1.29, 1.82) is 0 Å². The molecule has 6 nitrogen and oxygen atoms in total. The van der Waals surface area contributed by atoms with Gasteiger partial charge in [0.2, 0.25) is 5.89 Å². The van der Waals surface area contributed by atoms with Gasteiger partial charge in [-0.15, -0.1) is 0 Å². The summed E-state index contributed by atoms with van der Waals surface area (Å²) in [6.45, 7) is 6.88. The summed E-state index contributed by atoms with van der Waals surface area (Å²) < 4.78 is 22.2. The molecule has 0 radical (unpaired) electrons. The predicted molar refractivity (Wildman–Crippen MR) is 116 cm³/mol. The molecule has 0 spiro atoms. The topological polar surface area (TPSA) is 70.8 Å². The van der Waals surface area contributed by atoms with Gasteiger partial charge in [-0.1, -0.05) is 12.1 Å². The second-order valence-corrected chi connectivity index (χ2v) is 7.46. The standard InChI is InChI=1S/C23H27NO5S/c1-4-26-21(23(25)27-5-2)14-17-6-8-19(9-7-17)28-12-10-20-16(3)29-22(24-20)18-11-13-30-15-18/h6-9,11,13,15,21H,4-5,10,12,14H2,1-3H3/t21-/m1/s1. The number of aromatic nitrogens is 1. The number of hydrogen-bond donors (Lipinski definition) is 0. The van der Waals surface area contributed by atoms with Crippen molar-refractivity contribution < 1.29 is 23.4 Å². The number of oxazole rings is 1. The lowest BCUT2D eigenvalue weighted by Gasteiger charge is -2.15. The molecule has 7 heteroatoms. The molecular formula is C23H27NO5S. The molecule has 3 aromatic rings. The summed E-state index contributed by atoms with van der Waals surface area (Å²) in [5.41, 5.74) is 2.89. The molecule has 0 unspecified atom stereocenters. The quantitative estimate of drug-likeness (QED) is 0.406. The van der Waals surface area contributed by atoms with Crippen LogP contribution in [0.5, 0.6) is 5.75 Å². The summed E-state index contributed by atoms with van der Waals surface area (Å²) in [7, 11) is 0. The maximum absolute atomic E-state index is 12.0. The van der Waals surface area contributed by atoms with Crippen molar-refractivity contribution in [2.24, 2.45) is 0 Å². The second kappa shape index (κ2) is 10.9. The first-order valence-corrected chi connectivity index (χ1v) is 11.0. The van der Waals surface area contributed by atoms with E-state index in [1.54, 1.807) is 18.3 Å². The van der Waals surface area contributed by atoms with E-state index in [9.17, 15) is 4.79 Å². The lowest BCUT2D eigenvalue weighted by Crippen LogP contribution is -2.28. The zero-order valence-corrected chi connectivity index (χ0v) is 18.4. The normalized spacial score (nSPS) is 12.0. The van der Waals surface area contributed by atoms with Crippen LogP contribution in [0.2, 0.25) is 0 Å². The van der Waals surface area contributed by atoms with E-state index in [-0.39, 0.29) is 5.97 Å². The van der Waals surface area contributed by atoms with Crippen molar-refractivity contribution in [3.05, 3.63) is 58.1 Å². The molecule has 0 bridgehead atoms. The van der Waals surface area contributed by atoms with E-state index >= 15 is 0 Å². The highest BCUT2D eigenvalue weighted by Crippen LogP contribution is 2.24. The van der Waals surface area contributed by atoms with Crippen LogP contribution in [-0.4, -0.2) is 36.9 Å². The first-order chi connectivity index (χ1) is 14.6. The Morgan fingerprint density at radius 3 is 2.63 bits per heavy atom. The molecule has 3 rings (SSSR count). The van der Waals surface area contributed by atoms with Gasteiger partial charge in [0.1, 0.15) is 11.5 Å². The molecule has 0 fully saturated rings. The summed E-state index contributed by atoms with van der Waals surface area (Å²) in [4.78, 5) is 16.6. The van der Waals surface area contributed by atoms with Gasteiger partial charge in [-0.2, -0.15) is 11.3 Å². The van der Waals surface area contributed by atoms with Gasteiger partial charge in [0.25, 0.3) is 0 Å². The molecule has 0 N–H and O–H groups in total. The van der Waals surface area contributed by atoms with E-state index in [4.69, 9.17) is 18.6 Å². The average Bonchev–Trinajstić information content (AvgIpc) is 3.39. The molecule has 1 aromatic carbocycles. The van der Waals surface area contributed by atoms with Crippen LogP contribution in [0.4, 0.5) is 0 Å². The molecule has 0 aliphatic rings. The third-order valence-electron chi connectivity index (χ3n) is 4.53. The van der Waals surface area contributed by atoms with Gasteiger partial charge in [-0.3, -0.25) is 0 Å². The van der Waals surface area contributed by atoms with Crippen LogP contribution in [0, 0.1) is 6.92 Å². The van der Waals surface area contributed by atoms with Crippen LogP contribution in [0.15, 0.2) is 45.5 Å². The van der Waals surface area contributed by atoms with Crippen molar-refractivity contribution in [3.63, 3.8) is 0 Å². The number of benzene rings is 1. The van der Waals surface area contributed by atoms with E-state index in [1.165, 1.54) is 0 Å². The highest BCUT2D eigenvalue weighted by Gasteiger charge is 2.20. The number of thiophene rings is 1. The Bertz CT molecular complexity index is 918. The number of carbonyl (C=O) groups is 1. The third-order valence-corrected chi connectivity index (χ3v) is 5.21. The Balaban J connectivity index is 1.52. The Hall–Kier alpha value is -2.64. The zero-order valence-electron chi connectivity index (χ0n) is 17.6. The SMILES string of the molecule is CCOC(=O)[C@@H](Cc1ccc(OCCc2nc(-c3ccsc3)oc2C)cc1)OCC. The maximum Gasteiger partial charge on any atom is 0.335 e. The first-order valence-electron chi connectivity index (χ1n) is 10.1. The van der Waals surface area contributed by atoms with E-state index in [2.05, 4.69) is 4.98 Å². The highest BCUT2D eigenvalue weighted by molar-refractivity contribution is 7.08. The van der Waals surface area contributed by atoms with Gasteiger partial charge in [0.05, 0.1) is 18.9 Å². The van der Waals surface area contributed by atoms with E-state index in [0.29, 0.717) is 38.6 Å². The highest BCUT2D eigenvalue weighted by atomic mass is 32.1. The molecule has 0 saturated heterocycles. The van der Waals surface area contributed by atoms with Crippen LogP contribution in [-0.2, 0) is 27.1 Å². The first kappa shape index (κ1) is 22.1. The number of carbonyl (C=O) groups excluding carboxylic acids is 1. The summed E-state index contributed by atoms with van der Waals surface area (Å²) in [6, 6.07) is 9.68. The van der Waals surface area contributed by atoms with E-state index in [1.807, 2.05) is 54.9 Å². The minimum absolute atomic E-state index is 0.329. The van der Waals surface area contributed by atoms with Crippen molar-refractivity contribution in [1.82, 2.24) is 4.98 Å².